The fourth-order valence-electron chi connectivity index (χ4n) is 4.85. The average Bonchev–Trinajstić information content (AvgIpc) is 2.45. The van der Waals surface area contributed by atoms with Crippen molar-refractivity contribution in [2.75, 3.05) is 0 Å². The number of hydrogen-bond donors (Lipinski definition) is 1. The topological polar surface area (TPSA) is 46.5 Å². The molecule has 3 nitrogen and oxygen atoms in total. The molecule has 1 spiro atoms. The molecule has 4 atom stereocenters. The normalized spacial score (nSPS) is 38.5. The molecule has 1 aromatic rings. The van der Waals surface area contributed by atoms with Gasteiger partial charge in [-0.05, 0) is 55.1 Å². The summed E-state index contributed by atoms with van der Waals surface area (Å²) in [4.78, 5) is 11.7. The zero-order chi connectivity index (χ0) is 14.4. The minimum absolute atomic E-state index is 0.165. The van der Waals surface area contributed by atoms with E-state index in [1.54, 1.807) is 0 Å². The summed E-state index contributed by atoms with van der Waals surface area (Å²) in [6.45, 7) is 0. The van der Waals surface area contributed by atoms with Gasteiger partial charge in [-0.25, -0.2) is 0 Å². The van der Waals surface area contributed by atoms with Gasteiger partial charge < -0.3 is 9.84 Å². The van der Waals surface area contributed by atoms with E-state index >= 15 is 0 Å². The molecule has 112 valence electrons. The van der Waals surface area contributed by atoms with Crippen LogP contribution >= 0.6 is 0 Å². The van der Waals surface area contributed by atoms with Gasteiger partial charge in [-0.1, -0.05) is 24.3 Å². The van der Waals surface area contributed by atoms with Gasteiger partial charge >= 0.3 is 5.97 Å². The van der Waals surface area contributed by atoms with Gasteiger partial charge in [0.2, 0.25) is 0 Å². The maximum absolute atomic E-state index is 11.7. The van der Waals surface area contributed by atoms with Crippen molar-refractivity contribution < 1.29 is 14.6 Å². The molecular weight excluding hydrogens is 264 g/mol. The van der Waals surface area contributed by atoms with Crippen molar-refractivity contribution in [3.8, 4) is 0 Å². The van der Waals surface area contributed by atoms with Gasteiger partial charge in [-0.3, -0.25) is 4.79 Å². The second-order valence-corrected chi connectivity index (χ2v) is 7.07. The molecule has 1 unspecified atom stereocenters. The molecule has 0 bridgehead atoms. The molecule has 21 heavy (non-hydrogen) atoms. The Morgan fingerprint density at radius 3 is 2.90 bits per heavy atom. The molecule has 1 saturated heterocycles. The Hall–Kier alpha value is -1.35. The fourth-order valence-corrected chi connectivity index (χ4v) is 4.85. The Labute approximate surface area is 125 Å². The van der Waals surface area contributed by atoms with Gasteiger partial charge in [-0.2, -0.15) is 0 Å². The third-order valence-electron chi connectivity index (χ3n) is 5.69. The summed E-state index contributed by atoms with van der Waals surface area (Å²) in [5.41, 5.74) is 2.61. The first-order valence-electron chi connectivity index (χ1n) is 8.13. The smallest absolute Gasteiger partial charge is 0.308 e. The molecule has 3 heteroatoms. The lowest BCUT2D eigenvalue weighted by atomic mass is 9.62. The monoisotopic (exact) mass is 286 g/mol. The quantitative estimate of drug-likeness (QED) is 0.746. The predicted octanol–water partition coefficient (Wildman–Crippen LogP) is 2.95. The number of benzene rings is 1. The average molecular weight is 286 g/mol. The Morgan fingerprint density at radius 1 is 1.19 bits per heavy atom. The maximum atomic E-state index is 11.7. The van der Waals surface area contributed by atoms with Gasteiger partial charge in [0.05, 0.1) is 12.5 Å². The Morgan fingerprint density at radius 2 is 2.05 bits per heavy atom. The second kappa shape index (κ2) is 4.84. The standard InChI is InChI=1S/C18H22O3/c19-14-9-17(20)21-18(11-14)8-7-16-13(10-18)6-5-12-3-1-2-4-15(12)16/h1-4,13-14,16,19H,5-11H2/t13-,14?,16+,18-/m1/s1. The van der Waals surface area contributed by atoms with Crippen LogP contribution in [0.3, 0.4) is 0 Å². The second-order valence-electron chi connectivity index (χ2n) is 7.07. The van der Waals surface area contributed by atoms with Gasteiger partial charge in [0.25, 0.3) is 0 Å². The molecule has 3 aliphatic rings. The van der Waals surface area contributed by atoms with Crippen molar-refractivity contribution in [3.05, 3.63) is 35.4 Å². The van der Waals surface area contributed by atoms with Gasteiger partial charge in [0, 0.05) is 6.42 Å². The number of hydrogen-bond acceptors (Lipinski definition) is 3. The number of aliphatic hydroxyl groups excluding tert-OH is 1. The van der Waals surface area contributed by atoms with E-state index in [4.69, 9.17) is 4.74 Å². The van der Waals surface area contributed by atoms with Crippen LogP contribution < -0.4 is 0 Å². The Balaban J connectivity index is 1.59. The molecular formula is C18H22O3. The Bertz CT molecular complexity index is 567. The number of aliphatic hydroxyl groups is 1. The highest BCUT2D eigenvalue weighted by Crippen LogP contribution is 2.51. The summed E-state index contributed by atoms with van der Waals surface area (Å²) < 4.78 is 5.72. The summed E-state index contributed by atoms with van der Waals surface area (Å²) >= 11 is 0. The lowest BCUT2D eigenvalue weighted by Crippen LogP contribution is -2.49. The number of aryl methyl sites for hydroxylation is 1. The van der Waals surface area contributed by atoms with Gasteiger partial charge in [0.1, 0.15) is 5.60 Å². The molecule has 2 fully saturated rings. The van der Waals surface area contributed by atoms with E-state index in [2.05, 4.69) is 24.3 Å². The first-order valence-corrected chi connectivity index (χ1v) is 8.13. The van der Waals surface area contributed by atoms with E-state index in [0.29, 0.717) is 18.3 Å². The number of ether oxygens (including phenoxy) is 1. The van der Waals surface area contributed by atoms with E-state index in [-0.39, 0.29) is 18.0 Å². The molecule has 1 saturated carbocycles. The molecule has 1 aromatic carbocycles. The highest BCUT2D eigenvalue weighted by atomic mass is 16.6. The molecule has 4 rings (SSSR count). The molecule has 1 heterocycles. The first kappa shape index (κ1) is 13.3. The van der Waals surface area contributed by atoms with E-state index in [9.17, 15) is 9.90 Å². The minimum Gasteiger partial charge on any atom is -0.459 e. The van der Waals surface area contributed by atoms with Crippen molar-refractivity contribution >= 4 is 5.97 Å². The first-order chi connectivity index (χ1) is 10.2. The predicted molar refractivity (Wildman–Crippen MR) is 78.9 cm³/mol. The molecule has 0 aromatic heterocycles. The minimum atomic E-state index is -0.515. The lowest BCUT2D eigenvalue weighted by Gasteiger charge is -2.48. The summed E-state index contributed by atoms with van der Waals surface area (Å²) in [5.74, 6) is 0.980. The van der Waals surface area contributed by atoms with Crippen LogP contribution in [-0.4, -0.2) is 22.8 Å². The fraction of sp³-hybridized carbons (Fsp3) is 0.611. The van der Waals surface area contributed by atoms with E-state index in [0.717, 1.165) is 25.7 Å². The summed E-state index contributed by atoms with van der Waals surface area (Å²) in [7, 11) is 0. The van der Waals surface area contributed by atoms with Crippen molar-refractivity contribution in [2.24, 2.45) is 5.92 Å². The third-order valence-corrected chi connectivity index (χ3v) is 5.69. The molecule has 2 aliphatic carbocycles. The van der Waals surface area contributed by atoms with Crippen LogP contribution in [0, 0.1) is 5.92 Å². The van der Waals surface area contributed by atoms with Gasteiger partial charge in [0.15, 0.2) is 0 Å². The molecule has 1 N–H and O–H groups in total. The van der Waals surface area contributed by atoms with Crippen LogP contribution in [0.2, 0.25) is 0 Å². The lowest BCUT2D eigenvalue weighted by molar-refractivity contribution is -0.184. The zero-order valence-corrected chi connectivity index (χ0v) is 12.3. The Kier molecular flexibility index (Phi) is 3.07. The largest absolute Gasteiger partial charge is 0.459 e. The van der Waals surface area contributed by atoms with E-state index in [1.807, 2.05) is 0 Å². The SMILES string of the molecule is O=C1CC(O)C[C@]2(CC[C@@H]3c4ccccc4CC[C@@H]3C2)O1. The van der Waals surface area contributed by atoms with Crippen LogP contribution in [0.4, 0.5) is 0 Å². The van der Waals surface area contributed by atoms with Crippen molar-refractivity contribution in [1.29, 1.82) is 0 Å². The maximum Gasteiger partial charge on any atom is 0.308 e. The number of carbonyl (C=O) groups is 1. The number of fused-ring (bicyclic) bond motifs is 3. The number of carbonyl (C=O) groups excluding carboxylic acids is 1. The van der Waals surface area contributed by atoms with Crippen molar-refractivity contribution in [3.63, 3.8) is 0 Å². The van der Waals surface area contributed by atoms with E-state index < -0.39 is 6.10 Å². The summed E-state index contributed by atoms with van der Waals surface area (Å²) in [6.07, 6.45) is 5.48. The van der Waals surface area contributed by atoms with Crippen molar-refractivity contribution in [1.82, 2.24) is 0 Å². The zero-order valence-electron chi connectivity index (χ0n) is 12.3. The summed E-state index contributed by atoms with van der Waals surface area (Å²) in [6, 6.07) is 8.78. The molecule has 0 amide bonds. The summed E-state index contributed by atoms with van der Waals surface area (Å²) in [5, 5.41) is 9.95. The number of rotatable bonds is 0. The van der Waals surface area contributed by atoms with Gasteiger partial charge in [-0.15, -0.1) is 0 Å². The third kappa shape index (κ3) is 2.28. The van der Waals surface area contributed by atoms with Crippen LogP contribution in [0.15, 0.2) is 24.3 Å². The van der Waals surface area contributed by atoms with Crippen LogP contribution in [0.25, 0.3) is 0 Å². The number of esters is 1. The van der Waals surface area contributed by atoms with Crippen molar-refractivity contribution in [2.45, 2.75) is 62.6 Å². The van der Waals surface area contributed by atoms with Crippen LogP contribution in [0.5, 0.6) is 0 Å². The highest BCUT2D eigenvalue weighted by molar-refractivity contribution is 5.71. The molecule has 0 radical (unpaired) electrons. The highest BCUT2D eigenvalue weighted by Gasteiger charge is 2.48. The van der Waals surface area contributed by atoms with Crippen LogP contribution in [0.1, 0.15) is 55.6 Å². The van der Waals surface area contributed by atoms with E-state index in [1.165, 1.54) is 17.5 Å². The molecule has 1 aliphatic heterocycles. The van der Waals surface area contributed by atoms with Crippen LogP contribution in [-0.2, 0) is 16.0 Å².